The van der Waals surface area contributed by atoms with Crippen LogP contribution in [0, 0.1) is 0 Å². The SMILES string of the molecule is CC1=CCC(=O)N1Cc1ccc(-c2noc(C(F)(F)F)n2)cc1. The maximum Gasteiger partial charge on any atom is 0.471 e. The van der Waals surface area contributed by atoms with Gasteiger partial charge in [-0.1, -0.05) is 35.5 Å². The second-order valence-electron chi connectivity index (χ2n) is 5.15. The Kier molecular flexibility index (Phi) is 3.67. The molecule has 0 saturated carbocycles. The molecular formula is C15H12F3N3O2. The first-order chi connectivity index (χ1) is 10.8. The lowest BCUT2D eigenvalue weighted by Crippen LogP contribution is -2.23. The summed E-state index contributed by atoms with van der Waals surface area (Å²) in [5, 5.41) is 3.33. The molecule has 3 rings (SSSR count). The normalized spacial score (nSPS) is 15.2. The molecule has 1 aromatic carbocycles. The number of rotatable bonds is 3. The van der Waals surface area contributed by atoms with E-state index in [1.165, 1.54) is 0 Å². The molecule has 23 heavy (non-hydrogen) atoms. The highest BCUT2D eigenvalue weighted by Gasteiger charge is 2.38. The third kappa shape index (κ3) is 3.10. The van der Waals surface area contributed by atoms with E-state index in [1.54, 1.807) is 29.2 Å². The van der Waals surface area contributed by atoms with Gasteiger partial charge in [0.2, 0.25) is 11.7 Å². The standard InChI is InChI=1S/C15H12F3N3O2/c1-9-2-7-12(22)21(9)8-10-3-5-11(6-4-10)13-19-14(23-20-13)15(16,17)18/h2-6H,7-8H2,1H3. The quantitative estimate of drug-likeness (QED) is 0.869. The van der Waals surface area contributed by atoms with Crippen molar-refractivity contribution in [2.75, 3.05) is 0 Å². The Labute approximate surface area is 129 Å². The van der Waals surface area contributed by atoms with E-state index in [2.05, 4.69) is 14.7 Å². The van der Waals surface area contributed by atoms with Crippen LogP contribution in [0.15, 0.2) is 40.6 Å². The number of halogens is 3. The number of nitrogens with zero attached hydrogens (tertiary/aromatic N) is 3. The van der Waals surface area contributed by atoms with Crippen molar-refractivity contribution in [3.63, 3.8) is 0 Å². The Morgan fingerprint density at radius 2 is 1.96 bits per heavy atom. The number of carbonyl (C=O) groups excluding carboxylic acids is 1. The number of allylic oxidation sites excluding steroid dienone is 1. The van der Waals surface area contributed by atoms with Gasteiger partial charge >= 0.3 is 12.1 Å². The number of aromatic nitrogens is 2. The molecule has 1 aromatic heterocycles. The van der Waals surface area contributed by atoms with Gasteiger partial charge in [-0.3, -0.25) is 4.79 Å². The van der Waals surface area contributed by atoms with E-state index in [4.69, 9.17) is 0 Å². The van der Waals surface area contributed by atoms with Crippen LogP contribution in [0.3, 0.4) is 0 Å². The molecule has 5 nitrogen and oxygen atoms in total. The van der Waals surface area contributed by atoms with Crippen LogP contribution < -0.4 is 0 Å². The van der Waals surface area contributed by atoms with Gasteiger partial charge in [-0.2, -0.15) is 18.2 Å². The van der Waals surface area contributed by atoms with Crippen molar-refractivity contribution in [3.8, 4) is 11.4 Å². The second kappa shape index (κ2) is 5.53. The van der Waals surface area contributed by atoms with Crippen LogP contribution in [0.1, 0.15) is 24.8 Å². The average molecular weight is 323 g/mol. The van der Waals surface area contributed by atoms with E-state index in [0.29, 0.717) is 18.5 Å². The first-order valence-corrected chi connectivity index (χ1v) is 6.82. The van der Waals surface area contributed by atoms with E-state index in [0.717, 1.165) is 11.3 Å². The zero-order valence-corrected chi connectivity index (χ0v) is 12.1. The molecule has 0 fully saturated rings. The summed E-state index contributed by atoms with van der Waals surface area (Å²) >= 11 is 0. The van der Waals surface area contributed by atoms with Crippen molar-refractivity contribution >= 4 is 5.91 Å². The van der Waals surface area contributed by atoms with Crippen molar-refractivity contribution in [1.29, 1.82) is 0 Å². The minimum absolute atomic E-state index is 0.0274. The molecule has 1 aliphatic rings. The summed E-state index contributed by atoms with van der Waals surface area (Å²) in [6.07, 6.45) is -2.41. The smallest absolute Gasteiger partial charge is 0.329 e. The number of alkyl halides is 3. The van der Waals surface area contributed by atoms with Crippen LogP contribution in [0.25, 0.3) is 11.4 Å². The lowest BCUT2D eigenvalue weighted by Gasteiger charge is -2.18. The third-order valence-corrected chi connectivity index (χ3v) is 3.52. The van der Waals surface area contributed by atoms with Gasteiger partial charge in [0.1, 0.15) is 0 Å². The molecule has 0 bridgehead atoms. The zero-order valence-electron chi connectivity index (χ0n) is 12.1. The minimum atomic E-state index is -4.66. The Hall–Kier alpha value is -2.64. The molecule has 0 radical (unpaired) electrons. The van der Waals surface area contributed by atoms with Crippen LogP contribution in [0.2, 0.25) is 0 Å². The lowest BCUT2D eigenvalue weighted by molar-refractivity contribution is -0.159. The molecule has 0 atom stereocenters. The molecule has 0 saturated heterocycles. The summed E-state index contributed by atoms with van der Waals surface area (Å²) in [4.78, 5) is 16.7. The monoisotopic (exact) mass is 323 g/mol. The van der Waals surface area contributed by atoms with Crippen molar-refractivity contribution in [3.05, 3.63) is 47.5 Å². The summed E-state index contributed by atoms with van der Waals surface area (Å²) in [6.45, 7) is 2.28. The highest BCUT2D eigenvalue weighted by atomic mass is 19.4. The fourth-order valence-corrected chi connectivity index (χ4v) is 2.26. The molecule has 0 aliphatic carbocycles. The van der Waals surface area contributed by atoms with Gasteiger partial charge in [0.15, 0.2) is 0 Å². The van der Waals surface area contributed by atoms with Gasteiger partial charge in [0, 0.05) is 17.7 Å². The number of hydrogen-bond donors (Lipinski definition) is 0. The summed E-state index contributed by atoms with van der Waals surface area (Å²) < 4.78 is 41.5. The number of benzene rings is 1. The van der Waals surface area contributed by atoms with Crippen molar-refractivity contribution in [2.45, 2.75) is 26.1 Å². The van der Waals surface area contributed by atoms with Crippen molar-refractivity contribution in [1.82, 2.24) is 15.0 Å². The number of hydrogen-bond acceptors (Lipinski definition) is 4. The van der Waals surface area contributed by atoms with E-state index in [9.17, 15) is 18.0 Å². The third-order valence-electron chi connectivity index (χ3n) is 3.52. The first kappa shape index (κ1) is 15.3. The van der Waals surface area contributed by atoms with Crippen molar-refractivity contribution < 1.29 is 22.5 Å². The minimum Gasteiger partial charge on any atom is -0.329 e. The Morgan fingerprint density at radius 1 is 1.26 bits per heavy atom. The molecule has 0 unspecified atom stereocenters. The highest BCUT2D eigenvalue weighted by Crippen LogP contribution is 2.29. The average Bonchev–Trinajstić information content (AvgIpc) is 3.10. The maximum absolute atomic E-state index is 12.4. The van der Waals surface area contributed by atoms with Gasteiger partial charge in [-0.05, 0) is 12.5 Å². The molecule has 2 heterocycles. The lowest BCUT2D eigenvalue weighted by atomic mass is 10.1. The Balaban J connectivity index is 1.76. The molecular weight excluding hydrogens is 311 g/mol. The molecule has 0 N–H and O–H groups in total. The van der Waals surface area contributed by atoms with E-state index in [-0.39, 0.29) is 11.7 Å². The predicted molar refractivity (Wildman–Crippen MR) is 73.7 cm³/mol. The Bertz CT molecular complexity index is 763. The van der Waals surface area contributed by atoms with Crippen molar-refractivity contribution in [2.24, 2.45) is 0 Å². The second-order valence-corrected chi connectivity index (χ2v) is 5.15. The molecule has 0 spiro atoms. The maximum atomic E-state index is 12.4. The van der Waals surface area contributed by atoms with Crippen LogP contribution in [0.5, 0.6) is 0 Å². The predicted octanol–water partition coefficient (Wildman–Crippen LogP) is 3.39. The first-order valence-electron chi connectivity index (χ1n) is 6.82. The van der Waals surface area contributed by atoms with Crippen LogP contribution in [-0.2, 0) is 17.5 Å². The van der Waals surface area contributed by atoms with Crippen LogP contribution in [0.4, 0.5) is 13.2 Å². The topological polar surface area (TPSA) is 59.2 Å². The van der Waals surface area contributed by atoms with Crippen LogP contribution in [-0.4, -0.2) is 20.9 Å². The van der Waals surface area contributed by atoms with Gasteiger partial charge in [0.05, 0.1) is 6.54 Å². The molecule has 1 amide bonds. The fraction of sp³-hybridized carbons (Fsp3) is 0.267. The largest absolute Gasteiger partial charge is 0.471 e. The Morgan fingerprint density at radius 3 is 2.48 bits per heavy atom. The highest BCUT2D eigenvalue weighted by molar-refractivity contribution is 5.82. The summed E-state index contributed by atoms with van der Waals surface area (Å²) in [6, 6.07) is 6.63. The van der Waals surface area contributed by atoms with Crippen LogP contribution >= 0.6 is 0 Å². The molecule has 1 aliphatic heterocycles. The molecule has 2 aromatic rings. The number of amides is 1. The summed E-state index contributed by atoms with van der Waals surface area (Å²) in [5.74, 6) is -1.48. The van der Waals surface area contributed by atoms with E-state index in [1.807, 2.05) is 13.0 Å². The van der Waals surface area contributed by atoms with Gasteiger partial charge < -0.3 is 9.42 Å². The zero-order chi connectivity index (χ0) is 16.6. The van der Waals surface area contributed by atoms with Gasteiger partial charge in [-0.25, -0.2) is 0 Å². The van der Waals surface area contributed by atoms with E-state index < -0.39 is 12.1 Å². The van der Waals surface area contributed by atoms with E-state index >= 15 is 0 Å². The van der Waals surface area contributed by atoms with Gasteiger partial charge in [-0.15, -0.1) is 0 Å². The summed E-state index contributed by atoms with van der Waals surface area (Å²) in [5.41, 5.74) is 2.16. The van der Waals surface area contributed by atoms with Gasteiger partial charge in [0.25, 0.3) is 0 Å². The number of carbonyl (C=O) groups is 1. The molecule has 120 valence electrons. The summed E-state index contributed by atoms with van der Waals surface area (Å²) in [7, 11) is 0. The molecule has 8 heteroatoms. The fourth-order valence-electron chi connectivity index (χ4n) is 2.26.